The number of fused-ring (bicyclic) bond motifs is 1. The molecule has 0 heterocycles. The summed E-state index contributed by atoms with van der Waals surface area (Å²) < 4.78 is 5.17. The fourth-order valence-electron chi connectivity index (χ4n) is 2.38. The Hall–Kier alpha value is -1.05. The maximum absolute atomic E-state index is 11.9. The van der Waals surface area contributed by atoms with E-state index >= 15 is 0 Å². The molecule has 0 aromatic rings. The second kappa shape index (κ2) is 3.26. The van der Waals surface area contributed by atoms with Gasteiger partial charge in [-0.25, -0.2) is 0 Å². The molecule has 2 heteroatoms. The Morgan fingerprint density at radius 3 is 3.00 bits per heavy atom. The van der Waals surface area contributed by atoms with Crippen LogP contribution in [0.25, 0.3) is 0 Å². The summed E-state index contributed by atoms with van der Waals surface area (Å²) in [6.45, 7) is 2.08. The number of allylic oxidation sites excluding steroid dienone is 4. The van der Waals surface area contributed by atoms with E-state index in [4.69, 9.17) is 4.74 Å². The van der Waals surface area contributed by atoms with E-state index in [1.165, 1.54) is 0 Å². The van der Waals surface area contributed by atoms with Crippen LogP contribution in [0.15, 0.2) is 24.0 Å². The van der Waals surface area contributed by atoms with Gasteiger partial charge in [-0.05, 0) is 18.8 Å². The van der Waals surface area contributed by atoms with Gasteiger partial charge in [-0.15, -0.1) is 0 Å². The number of ether oxygens (including phenoxy) is 1. The molecule has 14 heavy (non-hydrogen) atoms. The largest absolute Gasteiger partial charge is 0.501 e. The first-order valence-corrected chi connectivity index (χ1v) is 5.11. The predicted octanol–water partition coefficient (Wildman–Crippen LogP) is 2.46. The standard InChI is InChI=1S/C12H16O2/c1-12-6-4-3-5-9(12)7-10(14-2)8-11(12)13/h3-4,8-9H,5-7H2,1-2H3/t9-,12-/m1/s1. The van der Waals surface area contributed by atoms with E-state index in [9.17, 15) is 4.79 Å². The molecule has 0 fully saturated rings. The molecule has 0 aliphatic heterocycles. The van der Waals surface area contributed by atoms with Gasteiger partial charge in [-0.1, -0.05) is 19.1 Å². The van der Waals surface area contributed by atoms with Crippen molar-refractivity contribution in [3.8, 4) is 0 Å². The fourth-order valence-corrected chi connectivity index (χ4v) is 2.38. The molecule has 0 spiro atoms. The number of methoxy groups -OCH3 is 1. The summed E-state index contributed by atoms with van der Waals surface area (Å²) in [6.07, 6.45) is 8.77. The zero-order valence-electron chi connectivity index (χ0n) is 8.75. The van der Waals surface area contributed by atoms with E-state index in [1.807, 2.05) is 0 Å². The highest BCUT2D eigenvalue weighted by Crippen LogP contribution is 2.45. The van der Waals surface area contributed by atoms with Crippen LogP contribution in [-0.2, 0) is 9.53 Å². The molecule has 0 amide bonds. The summed E-state index contributed by atoms with van der Waals surface area (Å²) in [6, 6.07) is 0. The van der Waals surface area contributed by atoms with Gasteiger partial charge in [0.25, 0.3) is 0 Å². The number of rotatable bonds is 1. The lowest BCUT2D eigenvalue weighted by atomic mass is 9.63. The Morgan fingerprint density at radius 1 is 1.50 bits per heavy atom. The van der Waals surface area contributed by atoms with E-state index < -0.39 is 0 Å². The lowest BCUT2D eigenvalue weighted by Crippen LogP contribution is -2.39. The van der Waals surface area contributed by atoms with E-state index in [0.29, 0.717) is 5.92 Å². The number of hydrogen-bond acceptors (Lipinski definition) is 2. The van der Waals surface area contributed by atoms with Crippen molar-refractivity contribution in [2.75, 3.05) is 7.11 Å². The Labute approximate surface area is 84.6 Å². The van der Waals surface area contributed by atoms with Gasteiger partial charge in [0.1, 0.15) is 0 Å². The first kappa shape index (κ1) is 9.50. The third-order valence-electron chi connectivity index (χ3n) is 3.59. The number of hydrogen-bond donors (Lipinski definition) is 0. The minimum atomic E-state index is -0.170. The maximum Gasteiger partial charge on any atom is 0.165 e. The summed E-state index contributed by atoms with van der Waals surface area (Å²) in [4.78, 5) is 11.9. The monoisotopic (exact) mass is 192 g/mol. The van der Waals surface area contributed by atoms with E-state index in [2.05, 4.69) is 19.1 Å². The molecular formula is C12H16O2. The van der Waals surface area contributed by atoms with Crippen molar-refractivity contribution < 1.29 is 9.53 Å². The van der Waals surface area contributed by atoms with Crippen LogP contribution < -0.4 is 0 Å². The highest BCUT2D eigenvalue weighted by atomic mass is 16.5. The van der Waals surface area contributed by atoms with Crippen LogP contribution in [0.1, 0.15) is 26.2 Å². The van der Waals surface area contributed by atoms with Gasteiger partial charge in [0, 0.05) is 17.9 Å². The van der Waals surface area contributed by atoms with Crippen molar-refractivity contribution in [1.29, 1.82) is 0 Å². The van der Waals surface area contributed by atoms with Gasteiger partial charge in [-0.3, -0.25) is 4.79 Å². The lowest BCUT2D eigenvalue weighted by Gasteiger charge is -2.40. The molecule has 0 aromatic heterocycles. The molecule has 2 aliphatic carbocycles. The third kappa shape index (κ3) is 1.29. The predicted molar refractivity (Wildman–Crippen MR) is 54.7 cm³/mol. The minimum Gasteiger partial charge on any atom is -0.501 e. The average molecular weight is 192 g/mol. The smallest absolute Gasteiger partial charge is 0.165 e. The van der Waals surface area contributed by atoms with Crippen LogP contribution in [0.2, 0.25) is 0 Å². The van der Waals surface area contributed by atoms with Crippen LogP contribution in [0.3, 0.4) is 0 Å². The Bertz CT molecular complexity index is 314. The fraction of sp³-hybridized carbons (Fsp3) is 0.583. The van der Waals surface area contributed by atoms with Gasteiger partial charge in [0.15, 0.2) is 5.78 Å². The maximum atomic E-state index is 11.9. The molecule has 0 saturated carbocycles. The van der Waals surface area contributed by atoms with Crippen LogP contribution >= 0.6 is 0 Å². The van der Waals surface area contributed by atoms with Crippen molar-refractivity contribution in [1.82, 2.24) is 0 Å². The Morgan fingerprint density at radius 2 is 2.29 bits per heavy atom. The van der Waals surface area contributed by atoms with Crippen LogP contribution in [0.5, 0.6) is 0 Å². The summed E-state index contributed by atoms with van der Waals surface area (Å²) in [7, 11) is 1.64. The van der Waals surface area contributed by atoms with Crippen molar-refractivity contribution in [2.24, 2.45) is 11.3 Å². The molecule has 0 saturated heterocycles. The average Bonchev–Trinajstić information content (AvgIpc) is 2.19. The molecule has 0 radical (unpaired) electrons. The van der Waals surface area contributed by atoms with Crippen LogP contribution in [0, 0.1) is 11.3 Å². The Kier molecular flexibility index (Phi) is 2.22. The van der Waals surface area contributed by atoms with Gasteiger partial charge in [0.05, 0.1) is 12.9 Å². The van der Waals surface area contributed by atoms with Crippen molar-refractivity contribution in [2.45, 2.75) is 26.2 Å². The van der Waals surface area contributed by atoms with E-state index in [0.717, 1.165) is 25.0 Å². The molecule has 2 rings (SSSR count). The van der Waals surface area contributed by atoms with Crippen molar-refractivity contribution in [3.63, 3.8) is 0 Å². The lowest BCUT2D eigenvalue weighted by molar-refractivity contribution is -0.127. The molecule has 76 valence electrons. The molecule has 2 atom stereocenters. The molecule has 0 unspecified atom stereocenters. The second-order valence-corrected chi connectivity index (χ2v) is 4.41. The minimum absolute atomic E-state index is 0.170. The first-order valence-electron chi connectivity index (χ1n) is 5.11. The third-order valence-corrected chi connectivity index (χ3v) is 3.59. The quantitative estimate of drug-likeness (QED) is 0.596. The molecule has 0 aromatic carbocycles. The topological polar surface area (TPSA) is 26.3 Å². The molecule has 0 N–H and O–H groups in total. The van der Waals surface area contributed by atoms with Crippen LogP contribution in [0.4, 0.5) is 0 Å². The van der Waals surface area contributed by atoms with Crippen LogP contribution in [-0.4, -0.2) is 12.9 Å². The van der Waals surface area contributed by atoms with Gasteiger partial charge >= 0.3 is 0 Å². The van der Waals surface area contributed by atoms with E-state index in [-0.39, 0.29) is 11.2 Å². The molecule has 2 aliphatic rings. The zero-order chi connectivity index (χ0) is 10.2. The van der Waals surface area contributed by atoms with Gasteiger partial charge in [0.2, 0.25) is 0 Å². The first-order chi connectivity index (χ1) is 6.66. The normalized spacial score (nSPS) is 36.3. The Balaban J connectivity index is 2.32. The number of ketones is 1. The second-order valence-electron chi connectivity index (χ2n) is 4.41. The number of carbonyl (C=O) groups excluding carboxylic acids is 1. The summed E-state index contributed by atoms with van der Waals surface area (Å²) in [5.74, 6) is 1.50. The SMILES string of the molecule is COC1=CC(=O)[C@]2(C)CC=CC[C@@H]2C1. The van der Waals surface area contributed by atoms with E-state index in [1.54, 1.807) is 13.2 Å². The highest BCUT2D eigenvalue weighted by Gasteiger charge is 2.43. The molecule has 2 nitrogen and oxygen atoms in total. The van der Waals surface area contributed by atoms with Gasteiger partial charge < -0.3 is 4.74 Å². The summed E-state index contributed by atoms with van der Waals surface area (Å²) >= 11 is 0. The summed E-state index contributed by atoms with van der Waals surface area (Å²) in [5, 5.41) is 0. The molecular weight excluding hydrogens is 176 g/mol. The summed E-state index contributed by atoms with van der Waals surface area (Å²) in [5.41, 5.74) is -0.170. The van der Waals surface area contributed by atoms with Crippen molar-refractivity contribution >= 4 is 5.78 Å². The van der Waals surface area contributed by atoms with Crippen molar-refractivity contribution in [3.05, 3.63) is 24.0 Å². The van der Waals surface area contributed by atoms with Gasteiger partial charge in [-0.2, -0.15) is 0 Å². The zero-order valence-corrected chi connectivity index (χ0v) is 8.75. The molecule has 0 bridgehead atoms. The highest BCUT2D eigenvalue weighted by molar-refractivity contribution is 5.96. The number of carbonyl (C=O) groups is 1.